The van der Waals surface area contributed by atoms with Crippen LogP contribution in [0.3, 0.4) is 0 Å². The first-order chi connectivity index (χ1) is 14.1. The van der Waals surface area contributed by atoms with Crippen LogP contribution in [0, 0.1) is 12.8 Å². The van der Waals surface area contributed by atoms with Crippen molar-refractivity contribution < 1.29 is 14.3 Å². The summed E-state index contributed by atoms with van der Waals surface area (Å²) >= 11 is 0. The molecule has 1 fully saturated rings. The summed E-state index contributed by atoms with van der Waals surface area (Å²) in [4.78, 5) is 31.1. The average Bonchev–Trinajstić information content (AvgIpc) is 3.56. The van der Waals surface area contributed by atoms with Gasteiger partial charge in [-0.05, 0) is 55.9 Å². The Morgan fingerprint density at radius 1 is 1.28 bits per heavy atom. The van der Waals surface area contributed by atoms with E-state index < -0.39 is 0 Å². The molecular formula is C23H27N3O3. The van der Waals surface area contributed by atoms with Crippen molar-refractivity contribution in [2.45, 2.75) is 39.2 Å². The molecule has 0 atom stereocenters. The molecule has 0 saturated heterocycles. The molecular weight excluding hydrogens is 366 g/mol. The summed E-state index contributed by atoms with van der Waals surface area (Å²) in [6.07, 6.45) is 5.32. The second-order valence-corrected chi connectivity index (χ2v) is 7.90. The Morgan fingerprint density at radius 3 is 2.93 bits per heavy atom. The molecule has 1 N–H and O–H groups in total. The number of carbonyl (C=O) groups is 2. The zero-order valence-electron chi connectivity index (χ0n) is 16.8. The molecule has 1 saturated carbocycles. The lowest BCUT2D eigenvalue weighted by atomic mass is 10.0. The van der Waals surface area contributed by atoms with Crippen LogP contribution in [0.4, 0.5) is 0 Å². The summed E-state index contributed by atoms with van der Waals surface area (Å²) in [7, 11) is 0. The van der Waals surface area contributed by atoms with Crippen LogP contribution in [0.1, 0.15) is 46.4 Å². The standard InChI is InChI=1S/C23H27N3O3/c1-16-20(3-2-10-24-16)23(28)26-11-12-29-21-8-6-17(13-19(21)15-26)7-9-22(27)25-14-18-4-5-18/h2-3,6,8,10,13,18H,4-5,7,9,11-12,14-15H2,1H3,(H,25,27). The van der Waals surface area contributed by atoms with E-state index in [1.165, 1.54) is 12.8 Å². The largest absolute Gasteiger partial charge is 0.491 e. The van der Waals surface area contributed by atoms with Gasteiger partial charge in [-0.25, -0.2) is 0 Å². The lowest BCUT2D eigenvalue weighted by Crippen LogP contribution is -2.33. The van der Waals surface area contributed by atoms with Crippen LogP contribution in [0.15, 0.2) is 36.5 Å². The Bertz CT molecular complexity index is 908. The molecule has 2 aromatic rings. The van der Waals surface area contributed by atoms with Crippen molar-refractivity contribution >= 4 is 11.8 Å². The second kappa shape index (κ2) is 8.64. The van der Waals surface area contributed by atoms with Gasteiger partial charge in [0.15, 0.2) is 0 Å². The molecule has 0 spiro atoms. The van der Waals surface area contributed by atoms with E-state index >= 15 is 0 Å². The molecule has 1 aromatic heterocycles. The number of nitrogens with zero attached hydrogens (tertiary/aromatic N) is 2. The van der Waals surface area contributed by atoms with Gasteiger partial charge in [0.2, 0.25) is 5.91 Å². The van der Waals surface area contributed by atoms with Gasteiger partial charge in [-0.1, -0.05) is 12.1 Å². The van der Waals surface area contributed by atoms with E-state index in [-0.39, 0.29) is 11.8 Å². The first-order valence-corrected chi connectivity index (χ1v) is 10.3. The smallest absolute Gasteiger partial charge is 0.256 e. The van der Waals surface area contributed by atoms with Gasteiger partial charge in [-0.15, -0.1) is 0 Å². The average molecular weight is 393 g/mol. The summed E-state index contributed by atoms with van der Waals surface area (Å²) in [6, 6.07) is 9.62. The fourth-order valence-corrected chi connectivity index (χ4v) is 3.58. The maximum atomic E-state index is 13.0. The Morgan fingerprint density at radius 2 is 2.14 bits per heavy atom. The lowest BCUT2D eigenvalue weighted by Gasteiger charge is -2.20. The second-order valence-electron chi connectivity index (χ2n) is 7.90. The van der Waals surface area contributed by atoms with Crippen LogP contribution in [-0.2, 0) is 17.8 Å². The number of nitrogens with one attached hydrogen (secondary N) is 1. The first-order valence-electron chi connectivity index (χ1n) is 10.3. The number of rotatable bonds is 6. The summed E-state index contributed by atoms with van der Waals surface area (Å²) < 4.78 is 5.86. The molecule has 152 valence electrons. The molecule has 29 heavy (non-hydrogen) atoms. The van der Waals surface area contributed by atoms with Crippen LogP contribution in [-0.4, -0.2) is 41.4 Å². The van der Waals surface area contributed by atoms with E-state index in [9.17, 15) is 9.59 Å². The molecule has 2 amide bonds. The topological polar surface area (TPSA) is 71.5 Å². The van der Waals surface area contributed by atoms with E-state index in [0.717, 1.165) is 29.1 Å². The van der Waals surface area contributed by atoms with Crippen LogP contribution in [0.5, 0.6) is 5.75 Å². The highest BCUT2D eigenvalue weighted by molar-refractivity contribution is 5.95. The number of fused-ring (bicyclic) bond motifs is 1. The minimum absolute atomic E-state index is 0.0306. The Hall–Kier alpha value is -2.89. The highest BCUT2D eigenvalue weighted by Crippen LogP contribution is 2.28. The molecule has 2 heterocycles. The lowest BCUT2D eigenvalue weighted by molar-refractivity contribution is -0.121. The number of pyridine rings is 1. The third kappa shape index (κ3) is 4.94. The van der Waals surface area contributed by atoms with Crippen molar-refractivity contribution in [3.05, 3.63) is 58.9 Å². The number of hydrogen-bond donors (Lipinski definition) is 1. The molecule has 1 aliphatic carbocycles. The summed E-state index contributed by atoms with van der Waals surface area (Å²) in [5, 5.41) is 3.01. The third-order valence-electron chi connectivity index (χ3n) is 5.55. The van der Waals surface area contributed by atoms with Crippen molar-refractivity contribution in [2.75, 3.05) is 19.7 Å². The third-order valence-corrected chi connectivity index (χ3v) is 5.55. The van der Waals surface area contributed by atoms with Gasteiger partial charge in [-0.3, -0.25) is 14.6 Å². The van der Waals surface area contributed by atoms with Gasteiger partial charge in [0, 0.05) is 37.0 Å². The Labute approximate surface area is 171 Å². The zero-order valence-corrected chi connectivity index (χ0v) is 16.8. The van der Waals surface area contributed by atoms with Crippen molar-refractivity contribution in [3.63, 3.8) is 0 Å². The van der Waals surface area contributed by atoms with E-state index in [2.05, 4.69) is 16.4 Å². The van der Waals surface area contributed by atoms with Gasteiger partial charge < -0.3 is 15.0 Å². The summed E-state index contributed by atoms with van der Waals surface area (Å²) in [5.41, 5.74) is 3.42. The maximum absolute atomic E-state index is 13.0. The molecule has 6 nitrogen and oxygen atoms in total. The molecule has 0 unspecified atom stereocenters. The molecule has 0 radical (unpaired) electrons. The zero-order chi connectivity index (χ0) is 20.2. The molecule has 0 bridgehead atoms. The SMILES string of the molecule is Cc1ncccc1C(=O)N1CCOc2ccc(CCC(=O)NCC3CC3)cc2C1. The number of aromatic nitrogens is 1. The Kier molecular flexibility index (Phi) is 5.79. The predicted molar refractivity (Wildman–Crippen MR) is 110 cm³/mol. The molecule has 4 rings (SSSR count). The quantitative estimate of drug-likeness (QED) is 0.819. The van der Waals surface area contributed by atoms with Crippen LogP contribution >= 0.6 is 0 Å². The number of hydrogen-bond acceptors (Lipinski definition) is 4. The van der Waals surface area contributed by atoms with Gasteiger partial charge in [0.05, 0.1) is 12.1 Å². The van der Waals surface area contributed by atoms with Crippen molar-refractivity contribution in [2.24, 2.45) is 5.92 Å². The normalized spacial score (nSPS) is 15.8. The summed E-state index contributed by atoms with van der Waals surface area (Å²) in [5.74, 6) is 1.57. The molecule has 2 aliphatic rings. The fraction of sp³-hybridized carbons (Fsp3) is 0.435. The Balaban J connectivity index is 1.42. The molecule has 1 aliphatic heterocycles. The molecule has 6 heteroatoms. The number of benzene rings is 1. The van der Waals surface area contributed by atoms with E-state index in [1.54, 1.807) is 12.3 Å². The monoisotopic (exact) mass is 393 g/mol. The summed E-state index contributed by atoms with van der Waals surface area (Å²) in [6.45, 7) is 4.13. The number of carbonyl (C=O) groups excluding carboxylic acids is 2. The minimum Gasteiger partial charge on any atom is -0.491 e. The van der Waals surface area contributed by atoms with Crippen LogP contribution in [0.25, 0.3) is 0 Å². The van der Waals surface area contributed by atoms with Gasteiger partial charge >= 0.3 is 0 Å². The van der Waals surface area contributed by atoms with Crippen LogP contribution < -0.4 is 10.1 Å². The number of aryl methyl sites for hydroxylation is 2. The van der Waals surface area contributed by atoms with Gasteiger partial charge in [0.1, 0.15) is 12.4 Å². The molecule has 1 aromatic carbocycles. The van der Waals surface area contributed by atoms with Gasteiger partial charge in [-0.2, -0.15) is 0 Å². The maximum Gasteiger partial charge on any atom is 0.256 e. The first kappa shape index (κ1) is 19.4. The van der Waals surface area contributed by atoms with E-state index in [4.69, 9.17) is 4.74 Å². The van der Waals surface area contributed by atoms with Crippen molar-refractivity contribution in [3.8, 4) is 5.75 Å². The van der Waals surface area contributed by atoms with Crippen molar-refractivity contribution in [1.82, 2.24) is 15.2 Å². The predicted octanol–water partition coefficient (Wildman–Crippen LogP) is 2.88. The highest BCUT2D eigenvalue weighted by atomic mass is 16.5. The van der Waals surface area contributed by atoms with Gasteiger partial charge in [0.25, 0.3) is 5.91 Å². The van der Waals surface area contributed by atoms with Crippen LogP contribution in [0.2, 0.25) is 0 Å². The fourth-order valence-electron chi connectivity index (χ4n) is 3.58. The minimum atomic E-state index is -0.0306. The van der Waals surface area contributed by atoms with E-state index in [0.29, 0.717) is 44.0 Å². The van der Waals surface area contributed by atoms with Crippen molar-refractivity contribution in [1.29, 1.82) is 0 Å². The number of ether oxygens (including phenoxy) is 1. The van der Waals surface area contributed by atoms with E-state index in [1.807, 2.05) is 30.0 Å². The number of amides is 2. The highest BCUT2D eigenvalue weighted by Gasteiger charge is 2.23.